The van der Waals surface area contributed by atoms with Crippen molar-refractivity contribution in [2.45, 2.75) is 39.2 Å². The van der Waals surface area contributed by atoms with E-state index in [0.717, 1.165) is 12.8 Å². The number of carbonyl (C=O) groups excluding carboxylic acids is 2. The summed E-state index contributed by atoms with van der Waals surface area (Å²) in [5.74, 6) is -0.545. The number of rotatable bonds is 4. The zero-order valence-corrected chi connectivity index (χ0v) is 8.62. The van der Waals surface area contributed by atoms with E-state index in [1.807, 2.05) is 13.8 Å². The number of esters is 2. The van der Waals surface area contributed by atoms with Gasteiger partial charge in [0.2, 0.25) is 0 Å². The fourth-order valence-corrected chi connectivity index (χ4v) is 1.45. The summed E-state index contributed by atoms with van der Waals surface area (Å²) < 4.78 is 9.84. The number of ether oxygens (including phenoxy) is 2. The molecule has 14 heavy (non-hydrogen) atoms. The molecule has 0 spiro atoms. The summed E-state index contributed by atoms with van der Waals surface area (Å²) in [5.41, 5.74) is 0. The maximum atomic E-state index is 11.5. The molecule has 1 saturated heterocycles. The summed E-state index contributed by atoms with van der Waals surface area (Å²) in [5, 5.41) is 0. The third kappa shape index (κ3) is 2.72. The molecule has 0 saturated carbocycles. The Balaban J connectivity index is 2.36. The molecule has 1 rings (SSSR count). The molecule has 4 heteroatoms. The molecule has 0 amide bonds. The predicted molar refractivity (Wildman–Crippen MR) is 49.5 cm³/mol. The van der Waals surface area contributed by atoms with Gasteiger partial charge in [-0.1, -0.05) is 13.8 Å². The Morgan fingerprint density at radius 1 is 1.57 bits per heavy atom. The molecule has 80 valence electrons. The molecule has 0 aromatic heterocycles. The van der Waals surface area contributed by atoms with Crippen LogP contribution in [0.5, 0.6) is 0 Å². The maximum absolute atomic E-state index is 11.5. The average molecular weight is 200 g/mol. The van der Waals surface area contributed by atoms with Crippen molar-refractivity contribution in [1.82, 2.24) is 0 Å². The first-order chi connectivity index (χ1) is 6.67. The van der Waals surface area contributed by atoms with Crippen LogP contribution in [0, 0.1) is 5.92 Å². The average Bonchev–Trinajstić information content (AvgIpc) is 2.53. The van der Waals surface area contributed by atoms with Crippen LogP contribution in [-0.4, -0.2) is 24.6 Å². The predicted octanol–water partition coefficient (Wildman–Crippen LogP) is 1.28. The zero-order valence-electron chi connectivity index (χ0n) is 8.62. The smallest absolute Gasteiger partial charge is 0.309 e. The third-order valence-electron chi connectivity index (χ3n) is 2.43. The topological polar surface area (TPSA) is 52.6 Å². The Hall–Kier alpha value is -1.06. The Bertz CT molecular complexity index is 220. The van der Waals surface area contributed by atoms with E-state index in [4.69, 9.17) is 9.47 Å². The first-order valence-electron chi connectivity index (χ1n) is 5.03. The van der Waals surface area contributed by atoms with Crippen molar-refractivity contribution in [3.8, 4) is 0 Å². The lowest BCUT2D eigenvalue weighted by molar-refractivity contribution is -0.154. The highest BCUT2D eigenvalue weighted by atomic mass is 16.6. The van der Waals surface area contributed by atoms with Crippen LogP contribution >= 0.6 is 0 Å². The molecule has 0 aliphatic carbocycles. The van der Waals surface area contributed by atoms with Gasteiger partial charge in [-0.25, -0.2) is 0 Å². The molecule has 0 radical (unpaired) electrons. The second-order valence-electron chi connectivity index (χ2n) is 3.46. The van der Waals surface area contributed by atoms with Crippen LogP contribution in [0.25, 0.3) is 0 Å². The van der Waals surface area contributed by atoms with Gasteiger partial charge in [-0.2, -0.15) is 0 Å². The van der Waals surface area contributed by atoms with E-state index in [9.17, 15) is 9.59 Å². The van der Waals surface area contributed by atoms with Crippen molar-refractivity contribution in [2.24, 2.45) is 5.92 Å². The SMILES string of the molecule is CCC(CC)C(=O)OC1COC(=O)C1. The van der Waals surface area contributed by atoms with Gasteiger partial charge in [0, 0.05) is 0 Å². The Morgan fingerprint density at radius 3 is 2.64 bits per heavy atom. The fraction of sp³-hybridized carbons (Fsp3) is 0.800. The van der Waals surface area contributed by atoms with E-state index < -0.39 is 0 Å². The number of carbonyl (C=O) groups is 2. The van der Waals surface area contributed by atoms with Crippen LogP contribution in [0.2, 0.25) is 0 Å². The lowest BCUT2D eigenvalue weighted by Gasteiger charge is -2.14. The highest BCUT2D eigenvalue weighted by Gasteiger charge is 2.28. The summed E-state index contributed by atoms with van der Waals surface area (Å²) in [6.45, 7) is 4.11. The van der Waals surface area contributed by atoms with Gasteiger partial charge in [-0.3, -0.25) is 9.59 Å². The van der Waals surface area contributed by atoms with Crippen LogP contribution in [0.3, 0.4) is 0 Å². The van der Waals surface area contributed by atoms with Crippen molar-refractivity contribution in [1.29, 1.82) is 0 Å². The molecule has 4 nitrogen and oxygen atoms in total. The van der Waals surface area contributed by atoms with Gasteiger partial charge >= 0.3 is 11.9 Å². The van der Waals surface area contributed by atoms with Crippen LogP contribution in [0.1, 0.15) is 33.1 Å². The van der Waals surface area contributed by atoms with Gasteiger partial charge in [0.05, 0.1) is 12.3 Å². The molecule has 1 aliphatic rings. The molecule has 1 atom stereocenters. The second kappa shape index (κ2) is 4.98. The minimum absolute atomic E-state index is 0.0503. The zero-order chi connectivity index (χ0) is 10.6. The lowest BCUT2D eigenvalue weighted by Crippen LogP contribution is -2.23. The molecule has 0 bridgehead atoms. The van der Waals surface area contributed by atoms with Crippen LogP contribution in [0.4, 0.5) is 0 Å². The normalized spacial score (nSPS) is 21.1. The van der Waals surface area contributed by atoms with E-state index in [2.05, 4.69) is 0 Å². The van der Waals surface area contributed by atoms with Crippen LogP contribution in [0.15, 0.2) is 0 Å². The van der Waals surface area contributed by atoms with Gasteiger partial charge in [-0.05, 0) is 12.8 Å². The van der Waals surface area contributed by atoms with E-state index in [1.165, 1.54) is 0 Å². The van der Waals surface area contributed by atoms with E-state index >= 15 is 0 Å². The van der Waals surface area contributed by atoms with E-state index in [-0.39, 0.29) is 37.0 Å². The molecular weight excluding hydrogens is 184 g/mol. The number of cyclic esters (lactones) is 1. The minimum atomic E-state index is -0.365. The largest absolute Gasteiger partial charge is 0.462 e. The summed E-state index contributed by atoms with van der Waals surface area (Å²) >= 11 is 0. The highest BCUT2D eigenvalue weighted by molar-refractivity contribution is 5.75. The monoisotopic (exact) mass is 200 g/mol. The minimum Gasteiger partial charge on any atom is -0.462 e. The van der Waals surface area contributed by atoms with E-state index in [1.54, 1.807) is 0 Å². The fourth-order valence-electron chi connectivity index (χ4n) is 1.45. The van der Waals surface area contributed by atoms with Crippen molar-refractivity contribution >= 4 is 11.9 Å². The van der Waals surface area contributed by atoms with Crippen molar-refractivity contribution in [3.63, 3.8) is 0 Å². The molecule has 1 fully saturated rings. The van der Waals surface area contributed by atoms with E-state index in [0.29, 0.717) is 0 Å². The van der Waals surface area contributed by atoms with Gasteiger partial charge in [-0.15, -0.1) is 0 Å². The molecule has 1 aliphatic heterocycles. The van der Waals surface area contributed by atoms with Crippen molar-refractivity contribution in [3.05, 3.63) is 0 Å². The number of hydrogen-bond acceptors (Lipinski definition) is 4. The van der Waals surface area contributed by atoms with Crippen molar-refractivity contribution in [2.75, 3.05) is 6.61 Å². The lowest BCUT2D eigenvalue weighted by atomic mass is 10.0. The second-order valence-corrected chi connectivity index (χ2v) is 3.46. The molecule has 0 aromatic carbocycles. The van der Waals surface area contributed by atoms with Gasteiger partial charge in [0.1, 0.15) is 12.7 Å². The standard InChI is InChI=1S/C10H16O4/c1-3-7(4-2)10(12)14-8-5-9(11)13-6-8/h7-8H,3-6H2,1-2H3. The first kappa shape index (κ1) is 11.0. The van der Waals surface area contributed by atoms with Gasteiger partial charge in [0.15, 0.2) is 0 Å². The van der Waals surface area contributed by atoms with Gasteiger partial charge in [0.25, 0.3) is 0 Å². The molecule has 0 N–H and O–H groups in total. The highest BCUT2D eigenvalue weighted by Crippen LogP contribution is 2.15. The van der Waals surface area contributed by atoms with Gasteiger partial charge < -0.3 is 9.47 Å². The molecular formula is C10H16O4. The van der Waals surface area contributed by atoms with Crippen molar-refractivity contribution < 1.29 is 19.1 Å². The summed E-state index contributed by atoms with van der Waals surface area (Å²) in [6, 6.07) is 0. The molecule has 0 aromatic rings. The first-order valence-corrected chi connectivity index (χ1v) is 5.03. The summed E-state index contributed by atoms with van der Waals surface area (Å²) in [4.78, 5) is 22.2. The quantitative estimate of drug-likeness (QED) is 0.641. The Morgan fingerprint density at radius 2 is 2.21 bits per heavy atom. The molecule has 1 heterocycles. The maximum Gasteiger partial charge on any atom is 0.309 e. The van der Waals surface area contributed by atoms with Crippen LogP contribution in [-0.2, 0) is 19.1 Å². The Kier molecular flexibility index (Phi) is 3.92. The van der Waals surface area contributed by atoms with Crippen LogP contribution < -0.4 is 0 Å². The summed E-state index contributed by atoms with van der Waals surface area (Å²) in [7, 11) is 0. The Labute approximate surface area is 83.6 Å². The third-order valence-corrected chi connectivity index (χ3v) is 2.43. The molecule has 1 unspecified atom stereocenters. The summed E-state index contributed by atoms with van der Waals surface area (Å²) in [6.07, 6.45) is 1.38. The number of hydrogen-bond donors (Lipinski definition) is 0.